The lowest BCUT2D eigenvalue weighted by Gasteiger charge is -2.29. The van der Waals surface area contributed by atoms with Crippen molar-refractivity contribution in [1.29, 1.82) is 0 Å². The molecule has 1 amide bonds. The average Bonchev–Trinajstić information content (AvgIpc) is 2.84. The third-order valence-corrected chi connectivity index (χ3v) is 5.24. The van der Waals surface area contributed by atoms with Crippen molar-refractivity contribution in [3.63, 3.8) is 0 Å². The molecule has 5 rings (SSSR count). The van der Waals surface area contributed by atoms with Crippen LogP contribution in [0.5, 0.6) is 0 Å². The summed E-state index contributed by atoms with van der Waals surface area (Å²) in [6.07, 6.45) is 4.60. The van der Waals surface area contributed by atoms with Crippen LogP contribution in [0.3, 0.4) is 0 Å². The standard InChI is InChI=1S/C13H16N4O2/c18-13(8-5-10-6-4-7(6)11(8)19-10)17-3-1-2-9-12(17)15-16-14-9/h6-8,10-11H,1-5H2,(H,14,15,16)/t6-,7+,8-,10+,11+/m1/s1. The maximum Gasteiger partial charge on any atom is 0.234 e. The molecule has 1 aromatic heterocycles. The molecule has 0 aromatic carbocycles. The number of H-pyrrole nitrogens is 1. The van der Waals surface area contributed by atoms with Crippen molar-refractivity contribution in [2.45, 2.75) is 37.9 Å². The van der Waals surface area contributed by atoms with Gasteiger partial charge in [0.15, 0.2) is 5.82 Å². The Labute approximate surface area is 110 Å². The number of aryl methyl sites for hydroxylation is 1. The molecule has 1 aliphatic carbocycles. The van der Waals surface area contributed by atoms with Crippen LogP contribution in [0.4, 0.5) is 5.82 Å². The Balaban J connectivity index is 1.44. The molecule has 1 aromatic rings. The van der Waals surface area contributed by atoms with E-state index in [0.717, 1.165) is 43.2 Å². The molecule has 4 heterocycles. The first-order chi connectivity index (χ1) is 9.33. The normalized spacial score (nSPS) is 42.1. The zero-order chi connectivity index (χ0) is 12.6. The van der Waals surface area contributed by atoms with Crippen LogP contribution < -0.4 is 4.90 Å². The van der Waals surface area contributed by atoms with Crippen LogP contribution in [0.15, 0.2) is 0 Å². The molecule has 0 unspecified atom stereocenters. The lowest BCUT2D eigenvalue weighted by molar-refractivity contribution is -0.124. The van der Waals surface area contributed by atoms with Gasteiger partial charge < -0.3 is 4.74 Å². The van der Waals surface area contributed by atoms with Crippen molar-refractivity contribution >= 4 is 11.7 Å². The molecular weight excluding hydrogens is 244 g/mol. The third-order valence-electron chi connectivity index (χ3n) is 5.24. The van der Waals surface area contributed by atoms with E-state index in [-0.39, 0.29) is 17.9 Å². The summed E-state index contributed by atoms with van der Waals surface area (Å²) in [5.41, 5.74) is 0.924. The second-order valence-corrected chi connectivity index (χ2v) is 6.23. The second-order valence-electron chi connectivity index (χ2n) is 6.23. The van der Waals surface area contributed by atoms with E-state index < -0.39 is 0 Å². The number of carbonyl (C=O) groups is 1. The van der Waals surface area contributed by atoms with Crippen LogP contribution in [0.25, 0.3) is 0 Å². The number of amides is 1. The van der Waals surface area contributed by atoms with E-state index in [4.69, 9.17) is 4.74 Å². The molecule has 3 fully saturated rings. The predicted octanol–water partition coefficient (Wildman–Crippen LogP) is 0.507. The van der Waals surface area contributed by atoms with Gasteiger partial charge in [0.1, 0.15) is 5.69 Å². The highest BCUT2D eigenvalue weighted by Crippen LogP contribution is 2.60. The smallest absolute Gasteiger partial charge is 0.234 e. The number of carbonyl (C=O) groups excluding carboxylic acids is 1. The molecule has 2 bridgehead atoms. The fourth-order valence-corrected chi connectivity index (χ4v) is 4.25. The molecule has 6 nitrogen and oxygen atoms in total. The van der Waals surface area contributed by atoms with Crippen molar-refractivity contribution in [1.82, 2.24) is 15.4 Å². The van der Waals surface area contributed by atoms with Gasteiger partial charge in [-0.25, -0.2) is 0 Å². The summed E-state index contributed by atoms with van der Waals surface area (Å²) < 4.78 is 5.94. The summed E-state index contributed by atoms with van der Waals surface area (Å²) in [6.45, 7) is 0.764. The van der Waals surface area contributed by atoms with Crippen LogP contribution in [-0.4, -0.2) is 40.1 Å². The van der Waals surface area contributed by atoms with Gasteiger partial charge in [-0.1, -0.05) is 0 Å². The fourth-order valence-electron chi connectivity index (χ4n) is 4.25. The lowest BCUT2D eigenvalue weighted by Crippen LogP contribution is -2.43. The molecule has 19 heavy (non-hydrogen) atoms. The SMILES string of the molecule is O=C([C@@H]1C[C@@H]2O[C@H]1[C@H]1C[C@H]12)N1CCCc2n[nH]nc21. The molecule has 2 saturated heterocycles. The van der Waals surface area contributed by atoms with Gasteiger partial charge in [-0.15, -0.1) is 5.10 Å². The van der Waals surface area contributed by atoms with Crippen molar-refractivity contribution < 1.29 is 9.53 Å². The Morgan fingerprint density at radius 1 is 1.32 bits per heavy atom. The molecule has 1 N–H and O–H groups in total. The molecule has 1 saturated carbocycles. The van der Waals surface area contributed by atoms with E-state index in [0.29, 0.717) is 12.0 Å². The highest BCUT2D eigenvalue weighted by atomic mass is 16.5. The topological polar surface area (TPSA) is 71.1 Å². The lowest BCUT2D eigenvalue weighted by atomic mass is 9.88. The monoisotopic (exact) mass is 260 g/mol. The third kappa shape index (κ3) is 1.27. The largest absolute Gasteiger partial charge is 0.374 e. The molecular formula is C13H16N4O2. The highest BCUT2D eigenvalue weighted by Gasteiger charge is 2.64. The Hall–Kier alpha value is -1.43. The van der Waals surface area contributed by atoms with Gasteiger partial charge in [-0.3, -0.25) is 9.69 Å². The fraction of sp³-hybridized carbons (Fsp3) is 0.769. The maximum absolute atomic E-state index is 12.8. The number of anilines is 1. The Morgan fingerprint density at radius 3 is 3.11 bits per heavy atom. The van der Waals surface area contributed by atoms with Crippen LogP contribution >= 0.6 is 0 Å². The van der Waals surface area contributed by atoms with Gasteiger partial charge in [-0.05, 0) is 37.5 Å². The minimum atomic E-state index is 0.0522. The molecule has 0 spiro atoms. The zero-order valence-corrected chi connectivity index (χ0v) is 10.6. The quantitative estimate of drug-likeness (QED) is 0.798. The van der Waals surface area contributed by atoms with Gasteiger partial charge in [0.05, 0.1) is 18.1 Å². The highest BCUT2D eigenvalue weighted by molar-refractivity contribution is 5.95. The first-order valence-electron chi connectivity index (χ1n) is 7.19. The summed E-state index contributed by atoms with van der Waals surface area (Å²) >= 11 is 0. The maximum atomic E-state index is 12.8. The number of nitrogens with zero attached hydrogens (tertiary/aromatic N) is 3. The van der Waals surface area contributed by atoms with Gasteiger partial charge in [0.25, 0.3) is 0 Å². The van der Waals surface area contributed by atoms with Crippen LogP contribution in [0, 0.1) is 17.8 Å². The van der Waals surface area contributed by atoms with E-state index >= 15 is 0 Å². The van der Waals surface area contributed by atoms with Crippen molar-refractivity contribution in [2.24, 2.45) is 17.8 Å². The second kappa shape index (κ2) is 3.36. The molecule has 5 atom stereocenters. The number of hydrogen-bond donors (Lipinski definition) is 1. The van der Waals surface area contributed by atoms with Crippen LogP contribution in [-0.2, 0) is 16.0 Å². The molecule has 6 heteroatoms. The predicted molar refractivity (Wildman–Crippen MR) is 65.4 cm³/mol. The average molecular weight is 260 g/mol. The molecule has 4 aliphatic rings. The van der Waals surface area contributed by atoms with Gasteiger partial charge >= 0.3 is 0 Å². The molecule has 100 valence electrons. The number of fused-ring (bicyclic) bond motifs is 6. The number of ether oxygens (including phenoxy) is 1. The summed E-state index contributed by atoms with van der Waals surface area (Å²) in [6, 6.07) is 0. The van der Waals surface area contributed by atoms with E-state index in [1.165, 1.54) is 6.42 Å². The first-order valence-corrected chi connectivity index (χ1v) is 7.19. The minimum Gasteiger partial charge on any atom is -0.374 e. The molecule has 0 radical (unpaired) electrons. The number of aromatic amines is 1. The van der Waals surface area contributed by atoms with Crippen molar-refractivity contribution in [3.05, 3.63) is 5.69 Å². The van der Waals surface area contributed by atoms with Gasteiger partial charge in [-0.2, -0.15) is 10.3 Å². The number of hydrogen-bond acceptors (Lipinski definition) is 4. The van der Waals surface area contributed by atoms with Gasteiger partial charge in [0.2, 0.25) is 5.91 Å². The Kier molecular flexibility index (Phi) is 1.83. The summed E-state index contributed by atoms with van der Waals surface area (Å²) in [7, 11) is 0. The zero-order valence-electron chi connectivity index (χ0n) is 10.6. The summed E-state index contributed by atoms with van der Waals surface area (Å²) in [5.74, 6) is 2.42. The van der Waals surface area contributed by atoms with E-state index in [2.05, 4.69) is 15.4 Å². The van der Waals surface area contributed by atoms with Gasteiger partial charge in [0, 0.05) is 6.54 Å². The van der Waals surface area contributed by atoms with E-state index in [1.807, 2.05) is 4.90 Å². The van der Waals surface area contributed by atoms with Crippen molar-refractivity contribution in [3.8, 4) is 0 Å². The van der Waals surface area contributed by atoms with Crippen LogP contribution in [0.2, 0.25) is 0 Å². The number of rotatable bonds is 1. The van der Waals surface area contributed by atoms with Crippen molar-refractivity contribution in [2.75, 3.05) is 11.4 Å². The Bertz CT molecular complexity index is 557. The summed E-state index contributed by atoms with van der Waals surface area (Å²) in [5, 5.41) is 10.9. The van der Waals surface area contributed by atoms with E-state index in [1.54, 1.807) is 0 Å². The minimum absolute atomic E-state index is 0.0522. The van der Waals surface area contributed by atoms with E-state index in [9.17, 15) is 4.79 Å². The molecule has 3 aliphatic heterocycles. The Morgan fingerprint density at radius 2 is 2.26 bits per heavy atom. The first kappa shape index (κ1) is 10.4. The number of aromatic nitrogens is 3. The number of nitrogens with one attached hydrogen (secondary N) is 1. The van der Waals surface area contributed by atoms with Crippen LogP contribution in [0.1, 0.15) is 25.0 Å². The summed E-state index contributed by atoms with van der Waals surface area (Å²) in [4.78, 5) is 14.6.